The lowest BCUT2D eigenvalue weighted by molar-refractivity contribution is 0.415. The summed E-state index contributed by atoms with van der Waals surface area (Å²) in [6.07, 6.45) is 0. The number of nitrogens with one attached hydrogen (secondary N) is 1. The normalized spacial score (nSPS) is 10.4. The molecular weight excluding hydrogens is 246 g/mol. The molecule has 2 nitrogen and oxygen atoms in total. The molecule has 0 unspecified atom stereocenters. The second kappa shape index (κ2) is 5.89. The molecule has 0 aliphatic rings. The number of benzene rings is 2. The minimum Gasteiger partial charge on any atom is -0.497 e. The molecule has 0 atom stereocenters. The maximum atomic E-state index is 6.31. The average Bonchev–Trinajstić information content (AvgIpc) is 2.40. The molecule has 0 amide bonds. The molecule has 0 aliphatic heterocycles. The van der Waals surface area contributed by atoms with Crippen molar-refractivity contribution in [1.29, 1.82) is 0 Å². The van der Waals surface area contributed by atoms with Gasteiger partial charge in [-0.15, -0.1) is 0 Å². The molecule has 0 aliphatic carbocycles. The van der Waals surface area contributed by atoms with Gasteiger partial charge in [-0.3, -0.25) is 0 Å². The van der Waals surface area contributed by atoms with Crippen LogP contribution < -0.4 is 10.1 Å². The van der Waals surface area contributed by atoms with Gasteiger partial charge in [0, 0.05) is 17.1 Å². The van der Waals surface area contributed by atoms with Crippen LogP contribution in [0.25, 0.3) is 11.1 Å². The summed E-state index contributed by atoms with van der Waals surface area (Å²) in [6.45, 7) is 0.822. The van der Waals surface area contributed by atoms with Crippen molar-refractivity contribution in [1.82, 2.24) is 5.32 Å². The van der Waals surface area contributed by atoms with Crippen LogP contribution in [0.3, 0.4) is 0 Å². The van der Waals surface area contributed by atoms with Gasteiger partial charge in [0.25, 0.3) is 0 Å². The smallest absolute Gasteiger partial charge is 0.118 e. The predicted molar refractivity (Wildman–Crippen MR) is 76.2 cm³/mol. The first-order valence-corrected chi connectivity index (χ1v) is 6.20. The molecule has 3 heteroatoms. The molecule has 0 saturated heterocycles. The van der Waals surface area contributed by atoms with Crippen LogP contribution in [-0.4, -0.2) is 14.2 Å². The van der Waals surface area contributed by atoms with Gasteiger partial charge in [-0.2, -0.15) is 0 Å². The van der Waals surface area contributed by atoms with Gasteiger partial charge in [0.15, 0.2) is 0 Å². The first-order valence-electron chi connectivity index (χ1n) is 5.82. The highest BCUT2D eigenvalue weighted by Gasteiger charge is 2.04. The van der Waals surface area contributed by atoms with E-state index in [-0.39, 0.29) is 0 Å². The Bertz CT molecular complexity index is 523. The number of halogens is 1. The maximum Gasteiger partial charge on any atom is 0.118 e. The Kier molecular flexibility index (Phi) is 4.24. The quantitative estimate of drug-likeness (QED) is 0.905. The van der Waals surface area contributed by atoms with Crippen LogP contribution in [0.15, 0.2) is 42.5 Å². The maximum absolute atomic E-state index is 6.31. The standard InChI is InChI=1S/C15H16ClNO/c1-17-10-11-3-8-14(15(16)9-11)12-4-6-13(18-2)7-5-12/h3-9,17H,10H2,1-2H3. The van der Waals surface area contributed by atoms with Gasteiger partial charge in [-0.25, -0.2) is 0 Å². The fourth-order valence-electron chi connectivity index (χ4n) is 1.88. The van der Waals surface area contributed by atoms with Crippen LogP contribution in [0, 0.1) is 0 Å². The molecule has 0 fully saturated rings. The van der Waals surface area contributed by atoms with Crippen LogP contribution in [0.2, 0.25) is 5.02 Å². The monoisotopic (exact) mass is 261 g/mol. The molecule has 0 aromatic heterocycles. The molecule has 0 heterocycles. The lowest BCUT2D eigenvalue weighted by Crippen LogP contribution is -2.04. The third-order valence-corrected chi connectivity index (χ3v) is 3.13. The molecule has 0 radical (unpaired) electrons. The lowest BCUT2D eigenvalue weighted by Gasteiger charge is -2.08. The third kappa shape index (κ3) is 2.84. The molecule has 0 spiro atoms. The van der Waals surface area contributed by atoms with E-state index in [1.165, 1.54) is 5.56 Å². The second-order valence-electron chi connectivity index (χ2n) is 4.07. The summed E-state index contributed by atoms with van der Waals surface area (Å²) in [7, 11) is 3.58. The lowest BCUT2D eigenvalue weighted by atomic mass is 10.0. The van der Waals surface area contributed by atoms with Gasteiger partial charge >= 0.3 is 0 Å². The molecule has 2 rings (SSSR count). The Hall–Kier alpha value is -1.51. The number of hydrogen-bond donors (Lipinski definition) is 1. The van der Waals surface area contributed by atoms with Gasteiger partial charge in [-0.05, 0) is 36.4 Å². The SMILES string of the molecule is CNCc1ccc(-c2ccc(OC)cc2)c(Cl)c1. The van der Waals surface area contributed by atoms with Crippen molar-refractivity contribution in [3.63, 3.8) is 0 Å². The summed E-state index contributed by atoms with van der Waals surface area (Å²) < 4.78 is 5.15. The predicted octanol–water partition coefficient (Wildman–Crippen LogP) is 3.74. The summed E-state index contributed by atoms with van der Waals surface area (Å²) in [4.78, 5) is 0. The fourth-order valence-corrected chi connectivity index (χ4v) is 2.19. The minimum absolute atomic E-state index is 0.771. The molecule has 94 valence electrons. The summed E-state index contributed by atoms with van der Waals surface area (Å²) >= 11 is 6.31. The zero-order chi connectivity index (χ0) is 13.0. The number of methoxy groups -OCH3 is 1. The fraction of sp³-hybridized carbons (Fsp3) is 0.200. The van der Waals surface area contributed by atoms with E-state index in [1.54, 1.807) is 7.11 Å². The van der Waals surface area contributed by atoms with Gasteiger partial charge < -0.3 is 10.1 Å². The first-order chi connectivity index (χ1) is 8.74. The zero-order valence-corrected chi connectivity index (χ0v) is 11.3. The minimum atomic E-state index is 0.771. The van der Waals surface area contributed by atoms with Gasteiger partial charge in [0.1, 0.15) is 5.75 Å². The van der Waals surface area contributed by atoms with E-state index in [1.807, 2.05) is 37.4 Å². The summed E-state index contributed by atoms with van der Waals surface area (Å²) in [6, 6.07) is 14.0. The van der Waals surface area contributed by atoms with E-state index in [9.17, 15) is 0 Å². The largest absolute Gasteiger partial charge is 0.497 e. The molecule has 2 aromatic carbocycles. The second-order valence-corrected chi connectivity index (χ2v) is 4.48. The van der Waals surface area contributed by atoms with Crippen molar-refractivity contribution in [2.24, 2.45) is 0 Å². The van der Waals surface area contributed by atoms with E-state index in [0.717, 1.165) is 28.4 Å². The Balaban J connectivity index is 2.32. The highest BCUT2D eigenvalue weighted by molar-refractivity contribution is 6.33. The molecule has 0 bridgehead atoms. The number of rotatable bonds is 4. The topological polar surface area (TPSA) is 21.3 Å². The van der Waals surface area contributed by atoms with E-state index < -0.39 is 0 Å². The van der Waals surface area contributed by atoms with Crippen LogP contribution in [0.5, 0.6) is 5.75 Å². The molecular formula is C15H16ClNO. The van der Waals surface area contributed by atoms with Crippen LogP contribution in [-0.2, 0) is 6.54 Å². The Labute approximate surface area is 113 Å². The molecule has 2 aromatic rings. The van der Waals surface area contributed by atoms with Crippen molar-refractivity contribution in [3.05, 3.63) is 53.1 Å². The Morgan fingerprint density at radius 1 is 1.11 bits per heavy atom. The van der Waals surface area contributed by atoms with E-state index in [0.29, 0.717) is 0 Å². The zero-order valence-electron chi connectivity index (χ0n) is 10.5. The summed E-state index contributed by atoms with van der Waals surface area (Å²) in [5, 5.41) is 3.88. The average molecular weight is 262 g/mol. The van der Waals surface area contributed by atoms with E-state index in [4.69, 9.17) is 16.3 Å². The van der Waals surface area contributed by atoms with Gasteiger partial charge in [0.05, 0.1) is 7.11 Å². The van der Waals surface area contributed by atoms with Crippen molar-refractivity contribution >= 4 is 11.6 Å². The highest BCUT2D eigenvalue weighted by atomic mass is 35.5. The van der Waals surface area contributed by atoms with Gasteiger partial charge in [-0.1, -0.05) is 35.9 Å². The number of ether oxygens (including phenoxy) is 1. The van der Waals surface area contributed by atoms with Crippen molar-refractivity contribution < 1.29 is 4.74 Å². The highest BCUT2D eigenvalue weighted by Crippen LogP contribution is 2.29. The van der Waals surface area contributed by atoms with E-state index in [2.05, 4.69) is 17.4 Å². The Morgan fingerprint density at radius 2 is 1.83 bits per heavy atom. The van der Waals surface area contributed by atoms with Crippen LogP contribution in [0.4, 0.5) is 0 Å². The van der Waals surface area contributed by atoms with Crippen LogP contribution >= 0.6 is 11.6 Å². The first kappa shape index (κ1) is 12.9. The molecule has 18 heavy (non-hydrogen) atoms. The molecule has 0 saturated carbocycles. The van der Waals surface area contributed by atoms with Crippen molar-refractivity contribution in [3.8, 4) is 16.9 Å². The summed E-state index contributed by atoms with van der Waals surface area (Å²) in [5.41, 5.74) is 3.32. The number of hydrogen-bond acceptors (Lipinski definition) is 2. The third-order valence-electron chi connectivity index (χ3n) is 2.82. The van der Waals surface area contributed by atoms with E-state index >= 15 is 0 Å². The molecule has 1 N–H and O–H groups in total. The van der Waals surface area contributed by atoms with Gasteiger partial charge in [0.2, 0.25) is 0 Å². The van der Waals surface area contributed by atoms with Crippen molar-refractivity contribution in [2.75, 3.05) is 14.2 Å². The Morgan fingerprint density at radius 3 is 2.39 bits per heavy atom. The van der Waals surface area contributed by atoms with Crippen LogP contribution in [0.1, 0.15) is 5.56 Å². The summed E-state index contributed by atoms with van der Waals surface area (Å²) in [5.74, 6) is 0.849. The van der Waals surface area contributed by atoms with Crippen molar-refractivity contribution in [2.45, 2.75) is 6.54 Å².